The Balaban J connectivity index is 1.70. The van der Waals surface area contributed by atoms with E-state index in [4.69, 9.17) is 18.6 Å². The second-order valence-corrected chi connectivity index (χ2v) is 7.95. The lowest BCUT2D eigenvalue weighted by Gasteiger charge is -2.07. The maximum absolute atomic E-state index is 12.4. The summed E-state index contributed by atoms with van der Waals surface area (Å²) in [5.74, 6) is 0.0138. The minimum atomic E-state index is -3.85. The Labute approximate surface area is 172 Å². The molecule has 3 rings (SSSR count). The number of amides is 1. The van der Waals surface area contributed by atoms with Crippen molar-refractivity contribution in [2.24, 2.45) is 0 Å². The van der Waals surface area contributed by atoms with Gasteiger partial charge in [0.05, 0.1) is 26.2 Å². The molecule has 158 valence electrons. The van der Waals surface area contributed by atoms with Crippen LogP contribution in [0.5, 0.6) is 17.2 Å². The zero-order valence-electron chi connectivity index (χ0n) is 16.4. The van der Waals surface area contributed by atoms with E-state index in [-0.39, 0.29) is 16.8 Å². The van der Waals surface area contributed by atoms with E-state index >= 15 is 0 Å². The molecule has 0 aliphatic heterocycles. The summed E-state index contributed by atoms with van der Waals surface area (Å²) in [6.45, 7) is 0. The van der Waals surface area contributed by atoms with Gasteiger partial charge in [-0.2, -0.15) is 0 Å². The number of rotatable bonds is 8. The molecule has 0 saturated carbocycles. The maximum Gasteiger partial charge on any atom is 0.322 e. The fourth-order valence-corrected chi connectivity index (χ4v) is 3.69. The summed E-state index contributed by atoms with van der Waals surface area (Å²) in [5.41, 5.74) is 0.534. The van der Waals surface area contributed by atoms with Crippen molar-refractivity contribution in [2.75, 3.05) is 32.4 Å². The van der Waals surface area contributed by atoms with Crippen molar-refractivity contribution in [1.82, 2.24) is 10.2 Å². The first-order valence-corrected chi connectivity index (χ1v) is 10.2. The monoisotopic (exact) mass is 433 g/mol. The number of carbonyl (C=O) groups is 1. The van der Waals surface area contributed by atoms with Crippen LogP contribution in [0, 0.1) is 0 Å². The number of hydrogen-bond acceptors (Lipinski definition) is 9. The Morgan fingerprint density at radius 2 is 1.67 bits per heavy atom. The van der Waals surface area contributed by atoms with Crippen molar-refractivity contribution in [3.05, 3.63) is 42.5 Å². The highest BCUT2D eigenvalue weighted by atomic mass is 32.2. The molecule has 0 radical (unpaired) electrons. The van der Waals surface area contributed by atoms with Crippen LogP contribution in [0.3, 0.4) is 0 Å². The van der Waals surface area contributed by atoms with Crippen LogP contribution >= 0.6 is 0 Å². The van der Waals surface area contributed by atoms with Gasteiger partial charge in [0, 0.05) is 5.56 Å². The predicted molar refractivity (Wildman–Crippen MR) is 107 cm³/mol. The predicted octanol–water partition coefficient (Wildman–Crippen LogP) is 2.17. The molecule has 0 aliphatic rings. The van der Waals surface area contributed by atoms with Gasteiger partial charge >= 0.3 is 6.01 Å². The quantitative estimate of drug-likeness (QED) is 0.568. The summed E-state index contributed by atoms with van der Waals surface area (Å²) >= 11 is 0. The van der Waals surface area contributed by atoms with Gasteiger partial charge in [-0.1, -0.05) is 5.10 Å². The topological polar surface area (TPSA) is 130 Å². The largest absolute Gasteiger partial charge is 0.497 e. The Bertz CT molecular complexity index is 1140. The second-order valence-electron chi connectivity index (χ2n) is 5.96. The molecule has 1 amide bonds. The zero-order chi connectivity index (χ0) is 21.7. The molecule has 1 heterocycles. The summed E-state index contributed by atoms with van der Waals surface area (Å²) in [6.07, 6.45) is 0. The van der Waals surface area contributed by atoms with Crippen molar-refractivity contribution in [2.45, 2.75) is 4.90 Å². The van der Waals surface area contributed by atoms with Crippen LogP contribution in [0.4, 0.5) is 6.01 Å². The van der Waals surface area contributed by atoms with Gasteiger partial charge in [-0.05, 0) is 42.5 Å². The third-order valence-electron chi connectivity index (χ3n) is 4.04. The SMILES string of the molecule is COc1ccc(S(=O)(=O)CC(=O)Nc2nnc(-c3ccc(OC)c(OC)c3)o2)cc1. The molecule has 0 unspecified atom stereocenters. The third kappa shape index (κ3) is 4.69. The van der Waals surface area contributed by atoms with Crippen molar-refractivity contribution >= 4 is 21.8 Å². The molecule has 1 aromatic heterocycles. The van der Waals surface area contributed by atoms with E-state index in [9.17, 15) is 13.2 Å². The zero-order valence-corrected chi connectivity index (χ0v) is 17.2. The number of hydrogen-bond donors (Lipinski definition) is 1. The van der Waals surface area contributed by atoms with E-state index in [1.54, 1.807) is 18.2 Å². The summed E-state index contributed by atoms with van der Waals surface area (Å²) in [7, 11) is 0.618. The van der Waals surface area contributed by atoms with Crippen LogP contribution in [-0.2, 0) is 14.6 Å². The second kappa shape index (κ2) is 8.82. The average Bonchev–Trinajstić information content (AvgIpc) is 3.21. The van der Waals surface area contributed by atoms with Crippen LogP contribution in [-0.4, -0.2) is 51.6 Å². The van der Waals surface area contributed by atoms with E-state index in [0.717, 1.165) is 0 Å². The average molecular weight is 433 g/mol. The molecule has 0 saturated heterocycles. The molecule has 0 fully saturated rings. The molecule has 0 bridgehead atoms. The number of nitrogens with zero attached hydrogens (tertiary/aromatic N) is 2. The van der Waals surface area contributed by atoms with Gasteiger partial charge in [0.15, 0.2) is 21.3 Å². The number of nitrogens with one attached hydrogen (secondary N) is 1. The van der Waals surface area contributed by atoms with E-state index in [2.05, 4.69) is 15.5 Å². The molecule has 0 aliphatic carbocycles. The van der Waals surface area contributed by atoms with Gasteiger partial charge in [0.2, 0.25) is 11.8 Å². The van der Waals surface area contributed by atoms with Gasteiger partial charge in [0.1, 0.15) is 11.5 Å². The molecular weight excluding hydrogens is 414 g/mol. The Morgan fingerprint density at radius 1 is 0.967 bits per heavy atom. The van der Waals surface area contributed by atoms with Crippen LogP contribution in [0.2, 0.25) is 0 Å². The van der Waals surface area contributed by atoms with E-state index in [1.165, 1.54) is 45.6 Å². The van der Waals surface area contributed by atoms with Gasteiger partial charge in [-0.25, -0.2) is 8.42 Å². The van der Waals surface area contributed by atoms with Crippen molar-refractivity contribution in [3.63, 3.8) is 0 Å². The Kier molecular flexibility index (Phi) is 6.21. The number of sulfone groups is 1. The minimum Gasteiger partial charge on any atom is -0.497 e. The van der Waals surface area contributed by atoms with Gasteiger partial charge in [0.25, 0.3) is 0 Å². The first-order chi connectivity index (χ1) is 14.4. The molecule has 11 heteroatoms. The highest BCUT2D eigenvalue weighted by Crippen LogP contribution is 2.32. The number of carbonyl (C=O) groups excluding carboxylic acids is 1. The summed E-state index contributed by atoms with van der Waals surface area (Å²) in [6, 6.07) is 10.5. The number of methoxy groups -OCH3 is 3. The van der Waals surface area contributed by atoms with Crippen molar-refractivity contribution < 1.29 is 31.8 Å². The van der Waals surface area contributed by atoms with E-state index in [1.807, 2.05) is 0 Å². The fraction of sp³-hybridized carbons (Fsp3) is 0.211. The first-order valence-electron chi connectivity index (χ1n) is 8.59. The van der Waals surface area contributed by atoms with E-state index < -0.39 is 21.5 Å². The van der Waals surface area contributed by atoms with Crippen molar-refractivity contribution in [3.8, 4) is 28.7 Å². The van der Waals surface area contributed by atoms with Crippen LogP contribution in [0.25, 0.3) is 11.5 Å². The summed E-state index contributed by atoms with van der Waals surface area (Å²) in [5, 5.41) is 9.87. The standard InChI is InChI=1S/C19H19N3O7S/c1-26-13-5-7-14(8-6-13)30(24,25)11-17(23)20-19-22-21-18(29-19)12-4-9-15(27-2)16(10-12)28-3/h4-10H,11H2,1-3H3,(H,20,22,23). The Hall–Kier alpha value is -3.60. The highest BCUT2D eigenvalue weighted by molar-refractivity contribution is 7.92. The number of aromatic nitrogens is 2. The molecule has 2 aromatic carbocycles. The first kappa shape index (κ1) is 21.1. The van der Waals surface area contributed by atoms with E-state index in [0.29, 0.717) is 22.8 Å². The Morgan fingerprint density at radius 3 is 2.30 bits per heavy atom. The summed E-state index contributed by atoms with van der Waals surface area (Å²) in [4.78, 5) is 12.2. The molecule has 1 N–H and O–H groups in total. The van der Waals surface area contributed by atoms with Gasteiger partial charge in [-0.15, -0.1) is 5.10 Å². The van der Waals surface area contributed by atoms with Crippen LogP contribution in [0.15, 0.2) is 51.8 Å². The van der Waals surface area contributed by atoms with Gasteiger partial charge in [-0.3, -0.25) is 10.1 Å². The maximum atomic E-state index is 12.4. The number of ether oxygens (including phenoxy) is 3. The van der Waals surface area contributed by atoms with Crippen molar-refractivity contribution in [1.29, 1.82) is 0 Å². The van der Waals surface area contributed by atoms with Crippen LogP contribution < -0.4 is 19.5 Å². The lowest BCUT2D eigenvalue weighted by molar-refractivity contribution is -0.114. The van der Waals surface area contributed by atoms with Crippen LogP contribution in [0.1, 0.15) is 0 Å². The lowest BCUT2D eigenvalue weighted by Crippen LogP contribution is -2.23. The smallest absolute Gasteiger partial charge is 0.322 e. The fourth-order valence-electron chi connectivity index (χ4n) is 2.55. The molecule has 3 aromatic rings. The number of benzene rings is 2. The minimum absolute atomic E-state index is 0.00463. The highest BCUT2D eigenvalue weighted by Gasteiger charge is 2.21. The number of anilines is 1. The molecule has 30 heavy (non-hydrogen) atoms. The summed E-state index contributed by atoms with van der Waals surface area (Å²) < 4.78 is 45.6. The molecule has 0 spiro atoms. The third-order valence-corrected chi connectivity index (χ3v) is 5.67. The molecule has 0 atom stereocenters. The molecule has 10 nitrogen and oxygen atoms in total. The lowest BCUT2D eigenvalue weighted by atomic mass is 10.2. The van der Waals surface area contributed by atoms with Gasteiger partial charge < -0.3 is 18.6 Å². The normalized spacial score (nSPS) is 11.0. The molecular formula is C19H19N3O7S.